The molecule has 4 N–H and O–H groups in total. The monoisotopic (exact) mass is 323 g/mol. The predicted molar refractivity (Wildman–Crippen MR) is 65.1 cm³/mol. The van der Waals surface area contributed by atoms with Crippen molar-refractivity contribution in [2.75, 3.05) is 11.9 Å². The standard InChI is InChI=1S/C8H10BrN3O4S/c9-5-3-10-8(17-5)12-7(16)11-4(1-2-13)6(14)15/h3-4,13H,1-2H2,(H,14,15)(H2,10,11,12,16)/t4-/m0/s1. The first-order valence-corrected chi connectivity index (χ1v) is 6.16. The molecule has 0 fully saturated rings. The summed E-state index contributed by atoms with van der Waals surface area (Å²) >= 11 is 4.38. The minimum absolute atomic E-state index is 0.0513. The van der Waals surface area contributed by atoms with Crippen molar-refractivity contribution in [1.29, 1.82) is 0 Å². The number of nitrogens with zero attached hydrogens (tertiary/aromatic N) is 1. The molecule has 1 aromatic rings. The highest BCUT2D eigenvalue weighted by Gasteiger charge is 2.19. The number of hydrogen-bond donors (Lipinski definition) is 4. The minimum Gasteiger partial charge on any atom is -0.480 e. The molecular weight excluding hydrogens is 314 g/mol. The van der Waals surface area contributed by atoms with E-state index in [2.05, 4.69) is 31.5 Å². The van der Waals surface area contributed by atoms with E-state index in [0.717, 1.165) is 3.79 Å². The van der Waals surface area contributed by atoms with Gasteiger partial charge in [-0.15, -0.1) is 0 Å². The van der Waals surface area contributed by atoms with Crippen LogP contribution in [0.15, 0.2) is 9.98 Å². The van der Waals surface area contributed by atoms with Crippen LogP contribution >= 0.6 is 27.3 Å². The highest BCUT2D eigenvalue weighted by Crippen LogP contribution is 2.22. The largest absolute Gasteiger partial charge is 0.480 e. The third-order valence-corrected chi connectivity index (χ3v) is 3.11. The van der Waals surface area contributed by atoms with Crippen LogP contribution in [0.1, 0.15) is 6.42 Å². The highest BCUT2D eigenvalue weighted by molar-refractivity contribution is 9.11. The maximum absolute atomic E-state index is 11.4. The average molecular weight is 324 g/mol. The normalized spacial score (nSPS) is 11.9. The number of aliphatic carboxylic acids is 1. The van der Waals surface area contributed by atoms with Gasteiger partial charge in [0.2, 0.25) is 0 Å². The van der Waals surface area contributed by atoms with Crippen LogP contribution in [0.2, 0.25) is 0 Å². The molecule has 1 atom stereocenters. The zero-order valence-electron chi connectivity index (χ0n) is 8.51. The SMILES string of the molecule is O=C(Nc1ncc(Br)s1)N[C@@H](CCO)C(=O)O. The van der Waals surface area contributed by atoms with E-state index in [1.807, 2.05) is 0 Å². The first kappa shape index (κ1) is 13.9. The number of rotatable bonds is 5. The summed E-state index contributed by atoms with van der Waals surface area (Å²) in [5, 5.41) is 22.3. The number of hydrogen-bond acceptors (Lipinski definition) is 5. The fourth-order valence-corrected chi connectivity index (χ4v) is 2.09. The summed E-state index contributed by atoms with van der Waals surface area (Å²) in [6, 6.07) is -1.80. The molecule has 1 heterocycles. The van der Waals surface area contributed by atoms with Crippen LogP contribution < -0.4 is 10.6 Å². The topological polar surface area (TPSA) is 112 Å². The smallest absolute Gasteiger partial charge is 0.326 e. The lowest BCUT2D eigenvalue weighted by atomic mass is 10.2. The van der Waals surface area contributed by atoms with Gasteiger partial charge in [-0.1, -0.05) is 11.3 Å². The number of carboxylic acids is 1. The number of nitrogens with one attached hydrogen (secondary N) is 2. The summed E-state index contributed by atoms with van der Waals surface area (Å²) in [4.78, 5) is 26.0. The molecule has 0 radical (unpaired) electrons. The molecular formula is C8H10BrN3O4S. The number of aromatic nitrogens is 1. The van der Waals surface area contributed by atoms with Crippen molar-refractivity contribution in [2.45, 2.75) is 12.5 Å². The van der Waals surface area contributed by atoms with Crippen molar-refractivity contribution >= 4 is 44.4 Å². The lowest BCUT2D eigenvalue weighted by Gasteiger charge is -2.12. The van der Waals surface area contributed by atoms with Crippen LogP contribution in [0.4, 0.5) is 9.93 Å². The molecule has 0 aromatic carbocycles. The molecule has 0 saturated carbocycles. The molecule has 94 valence electrons. The molecule has 0 unspecified atom stereocenters. The molecule has 0 aliphatic carbocycles. The number of amides is 2. The second-order valence-corrected chi connectivity index (χ2v) is 5.38. The van der Waals surface area contributed by atoms with Gasteiger partial charge in [0.1, 0.15) is 6.04 Å². The summed E-state index contributed by atoms with van der Waals surface area (Å²) in [6.07, 6.45) is 1.47. The fraction of sp³-hybridized carbons (Fsp3) is 0.375. The summed E-state index contributed by atoms with van der Waals surface area (Å²) in [5.41, 5.74) is 0. The van der Waals surface area contributed by atoms with Crippen molar-refractivity contribution in [3.8, 4) is 0 Å². The van der Waals surface area contributed by atoms with Gasteiger partial charge in [0, 0.05) is 13.0 Å². The zero-order chi connectivity index (χ0) is 12.8. The fourth-order valence-electron chi connectivity index (χ4n) is 0.990. The molecule has 9 heteroatoms. The van der Waals surface area contributed by atoms with Gasteiger partial charge in [-0.2, -0.15) is 0 Å². The van der Waals surface area contributed by atoms with Crippen LogP contribution in [0.3, 0.4) is 0 Å². The van der Waals surface area contributed by atoms with E-state index in [1.165, 1.54) is 17.5 Å². The van der Waals surface area contributed by atoms with Crippen LogP contribution in [0, 0.1) is 0 Å². The number of thiazole rings is 1. The molecule has 17 heavy (non-hydrogen) atoms. The Hall–Kier alpha value is -1.19. The van der Waals surface area contributed by atoms with Crippen LogP contribution in [-0.4, -0.2) is 39.8 Å². The summed E-state index contributed by atoms with van der Waals surface area (Å²) in [6.45, 7) is -0.319. The quantitative estimate of drug-likeness (QED) is 0.642. The van der Waals surface area contributed by atoms with Crippen LogP contribution in [0.5, 0.6) is 0 Å². The lowest BCUT2D eigenvalue weighted by molar-refractivity contribution is -0.139. The first-order valence-electron chi connectivity index (χ1n) is 4.55. The van der Waals surface area contributed by atoms with Crippen molar-refractivity contribution in [3.63, 3.8) is 0 Å². The van der Waals surface area contributed by atoms with E-state index in [-0.39, 0.29) is 13.0 Å². The van der Waals surface area contributed by atoms with Gasteiger partial charge < -0.3 is 15.5 Å². The Morgan fingerprint density at radius 2 is 2.29 bits per heavy atom. The van der Waals surface area contributed by atoms with Gasteiger partial charge in [-0.3, -0.25) is 5.32 Å². The van der Waals surface area contributed by atoms with Crippen molar-refractivity contribution in [2.24, 2.45) is 0 Å². The van der Waals surface area contributed by atoms with Crippen molar-refractivity contribution in [3.05, 3.63) is 9.98 Å². The number of aliphatic hydroxyl groups excluding tert-OH is 1. The van der Waals surface area contributed by atoms with Gasteiger partial charge in [-0.25, -0.2) is 14.6 Å². The third-order valence-electron chi connectivity index (χ3n) is 1.72. The minimum atomic E-state index is -1.20. The molecule has 0 aliphatic heterocycles. The Labute approximate surface area is 109 Å². The molecule has 0 saturated heterocycles. The Bertz CT molecular complexity index is 411. The second-order valence-electron chi connectivity index (χ2n) is 2.97. The van der Waals surface area contributed by atoms with Gasteiger partial charge in [0.15, 0.2) is 5.13 Å². The maximum Gasteiger partial charge on any atom is 0.326 e. The number of carbonyl (C=O) groups excluding carboxylic acids is 1. The Balaban J connectivity index is 2.50. The van der Waals surface area contributed by atoms with E-state index in [4.69, 9.17) is 10.2 Å². The Morgan fingerprint density at radius 1 is 1.59 bits per heavy atom. The van der Waals surface area contributed by atoms with E-state index >= 15 is 0 Å². The van der Waals surface area contributed by atoms with E-state index in [1.54, 1.807) is 0 Å². The van der Waals surface area contributed by atoms with Crippen LogP contribution in [-0.2, 0) is 4.79 Å². The highest BCUT2D eigenvalue weighted by atomic mass is 79.9. The summed E-state index contributed by atoms with van der Waals surface area (Å²) in [5.74, 6) is -1.20. The number of urea groups is 1. The van der Waals surface area contributed by atoms with Crippen molar-refractivity contribution < 1.29 is 19.8 Å². The third kappa shape index (κ3) is 4.67. The Kier molecular flexibility index (Phi) is 5.32. The molecule has 0 aliphatic rings. The summed E-state index contributed by atoms with van der Waals surface area (Å²) in [7, 11) is 0. The Morgan fingerprint density at radius 3 is 2.76 bits per heavy atom. The molecule has 0 bridgehead atoms. The number of carboxylic acid groups (broad SMARTS) is 1. The van der Waals surface area contributed by atoms with Gasteiger partial charge >= 0.3 is 12.0 Å². The second kappa shape index (κ2) is 6.52. The van der Waals surface area contributed by atoms with Crippen LogP contribution in [0.25, 0.3) is 0 Å². The maximum atomic E-state index is 11.4. The summed E-state index contributed by atoms with van der Waals surface area (Å²) < 4.78 is 0.748. The molecule has 7 nitrogen and oxygen atoms in total. The molecule has 0 spiro atoms. The lowest BCUT2D eigenvalue weighted by Crippen LogP contribution is -2.43. The van der Waals surface area contributed by atoms with Gasteiger partial charge in [0.25, 0.3) is 0 Å². The molecule has 1 aromatic heterocycles. The zero-order valence-corrected chi connectivity index (χ0v) is 10.9. The van der Waals surface area contributed by atoms with Gasteiger partial charge in [-0.05, 0) is 15.9 Å². The van der Waals surface area contributed by atoms with E-state index in [9.17, 15) is 9.59 Å². The molecule has 1 rings (SSSR count). The predicted octanol–water partition coefficient (Wildman–Crippen LogP) is 0.863. The molecule has 2 amide bonds. The number of anilines is 1. The average Bonchev–Trinajstić information content (AvgIpc) is 2.63. The number of carbonyl (C=O) groups is 2. The van der Waals surface area contributed by atoms with Gasteiger partial charge in [0.05, 0.1) is 9.98 Å². The van der Waals surface area contributed by atoms with Crippen molar-refractivity contribution in [1.82, 2.24) is 10.3 Å². The van der Waals surface area contributed by atoms with E-state index in [0.29, 0.717) is 5.13 Å². The number of aliphatic hydroxyl groups is 1. The van der Waals surface area contributed by atoms with E-state index < -0.39 is 18.0 Å². The number of halogens is 1. The first-order chi connectivity index (χ1) is 8.02.